The summed E-state index contributed by atoms with van der Waals surface area (Å²) in [6.07, 6.45) is 0.516. The highest BCUT2D eigenvalue weighted by Crippen LogP contribution is 2.29. The van der Waals surface area contributed by atoms with Crippen LogP contribution in [-0.2, 0) is 16.1 Å². The Hall–Kier alpha value is -3.68. The fourth-order valence-corrected chi connectivity index (χ4v) is 3.62. The molecule has 4 amide bonds. The molecule has 0 saturated carbocycles. The second kappa shape index (κ2) is 7.38. The maximum absolute atomic E-state index is 12.7. The molecular formula is C21H19N3O5. The standard InChI is InChI=1S/C21H19N3O5/c1-29-15-4-2-3-12(10-15)19(26)22-14-5-6-16-13(9-14)11-24(21(16)28)17-7-8-18(25)23-20(17)27/h2-6,9-10,17H,7-8,11H2,1H3,(H,22,26)(H,23,25,27). The molecule has 2 aromatic carbocycles. The van der Waals surface area contributed by atoms with E-state index in [1.54, 1.807) is 42.5 Å². The van der Waals surface area contributed by atoms with Crippen LogP contribution < -0.4 is 15.4 Å². The molecular weight excluding hydrogens is 374 g/mol. The summed E-state index contributed by atoms with van der Waals surface area (Å²) in [5, 5.41) is 5.09. The number of carbonyl (C=O) groups excluding carboxylic acids is 4. The first-order chi connectivity index (χ1) is 14.0. The molecule has 148 valence electrons. The van der Waals surface area contributed by atoms with Crippen molar-refractivity contribution in [1.29, 1.82) is 0 Å². The Morgan fingerprint density at radius 2 is 2.00 bits per heavy atom. The zero-order valence-electron chi connectivity index (χ0n) is 15.7. The Morgan fingerprint density at radius 3 is 2.76 bits per heavy atom. The van der Waals surface area contributed by atoms with Gasteiger partial charge in [0.2, 0.25) is 11.8 Å². The molecule has 8 heteroatoms. The molecule has 1 fully saturated rings. The summed E-state index contributed by atoms with van der Waals surface area (Å²) in [5.74, 6) is -0.737. The molecule has 2 aliphatic rings. The summed E-state index contributed by atoms with van der Waals surface area (Å²) in [6, 6.07) is 11.2. The molecule has 4 rings (SSSR count). The molecule has 0 aromatic heterocycles. The van der Waals surface area contributed by atoms with Crippen molar-refractivity contribution in [2.75, 3.05) is 12.4 Å². The minimum absolute atomic E-state index is 0.207. The number of carbonyl (C=O) groups is 4. The second-order valence-corrected chi connectivity index (χ2v) is 6.96. The van der Waals surface area contributed by atoms with Gasteiger partial charge >= 0.3 is 0 Å². The van der Waals surface area contributed by atoms with Gasteiger partial charge in [0.1, 0.15) is 11.8 Å². The number of hydrogen-bond donors (Lipinski definition) is 2. The van der Waals surface area contributed by atoms with Gasteiger partial charge in [0.25, 0.3) is 11.8 Å². The Balaban J connectivity index is 1.50. The molecule has 1 unspecified atom stereocenters. The average Bonchev–Trinajstić information content (AvgIpc) is 3.03. The van der Waals surface area contributed by atoms with E-state index in [9.17, 15) is 19.2 Å². The lowest BCUT2D eigenvalue weighted by Crippen LogP contribution is -2.52. The van der Waals surface area contributed by atoms with Crippen LogP contribution in [0.15, 0.2) is 42.5 Å². The Morgan fingerprint density at radius 1 is 1.17 bits per heavy atom. The zero-order valence-corrected chi connectivity index (χ0v) is 15.7. The van der Waals surface area contributed by atoms with Crippen molar-refractivity contribution in [3.63, 3.8) is 0 Å². The second-order valence-electron chi connectivity index (χ2n) is 6.96. The molecule has 1 saturated heterocycles. The maximum Gasteiger partial charge on any atom is 0.255 e. The third kappa shape index (κ3) is 3.56. The predicted molar refractivity (Wildman–Crippen MR) is 103 cm³/mol. The molecule has 29 heavy (non-hydrogen) atoms. The number of methoxy groups -OCH3 is 1. The molecule has 2 aliphatic heterocycles. The van der Waals surface area contributed by atoms with Gasteiger partial charge in [0.05, 0.1) is 7.11 Å². The SMILES string of the molecule is COc1cccc(C(=O)Nc2ccc3c(c2)CN(C2CCC(=O)NC2=O)C3=O)c1. The highest BCUT2D eigenvalue weighted by Gasteiger charge is 2.39. The number of imide groups is 1. The number of amides is 4. The van der Waals surface area contributed by atoms with Crippen molar-refractivity contribution in [2.24, 2.45) is 0 Å². The highest BCUT2D eigenvalue weighted by molar-refractivity contribution is 6.07. The lowest BCUT2D eigenvalue weighted by Gasteiger charge is -2.29. The molecule has 0 spiro atoms. The first-order valence-corrected chi connectivity index (χ1v) is 9.19. The number of fused-ring (bicyclic) bond motifs is 1. The lowest BCUT2D eigenvalue weighted by molar-refractivity contribution is -0.136. The van der Waals surface area contributed by atoms with Gasteiger partial charge in [-0.2, -0.15) is 0 Å². The fraction of sp³-hybridized carbons (Fsp3) is 0.238. The van der Waals surface area contributed by atoms with E-state index in [1.807, 2.05) is 0 Å². The molecule has 2 aromatic rings. The number of nitrogens with zero attached hydrogens (tertiary/aromatic N) is 1. The van der Waals surface area contributed by atoms with Crippen LogP contribution in [0.4, 0.5) is 5.69 Å². The largest absolute Gasteiger partial charge is 0.497 e. The highest BCUT2D eigenvalue weighted by atomic mass is 16.5. The van der Waals surface area contributed by atoms with Crippen molar-refractivity contribution in [3.05, 3.63) is 59.2 Å². The molecule has 0 radical (unpaired) electrons. The van der Waals surface area contributed by atoms with Crippen LogP contribution in [-0.4, -0.2) is 41.7 Å². The van der Waals surface area contributed by atoms with Crippen LogP contribution in [0, 0.1) is 0 Å². The number of ether oxygens (including phenoxy) is 1. The molecule has 8 nitrogen and oxygen atoms in total. The van der Waals surface area contributed by atoms with Gasteiger partial charge in [-0.25, -0.2) is 0 Å². The van der Waals surface area contributed by atoms with Gasteiger partial charge < -0.3 is 15.0 Å². The number of hydrogen-bond acceptors (Lipinski definition) is 5. The molecule has 2 N–H and O–H groups in total. The predicted octanol–water partition coefficient (Wildman–Crippen LogP) is 1.71. The van der Waals surface area contributed by atoms with E-state index < -0.39 is 11.9 Å². The fourth-order valence-electron chi connectivity index (χ4n) is 3.62. The monoisotopic (exact) mass is 393 g/mol. The zero-order chi connectivity index (χ0) is 20.5. The van der Waals surface area contributed by atoms with Crippen molar-refractivity contribution < 1.29 is 23.9 Å². The number of anilines is 1. The van der Waals surface area contributed by atoms with Crippen molar-refractivity contribution >= 4 is 29.3 Å². The van der Waals surface area contributed by atoms with Crippen LogP contribution >= 0.6 is 0 Å². The van der Waals surface area contributed by atoms with E-state index in [0.29, 0.717) is 29.0 Å². The molecule has 0 bridgehead atoms. The van der Waals surface area contributed by atoms with Crippen LogP contribution in [0.1, 0.15) is 39.1 Å². The van der Waals surface area contributed by atoms with E-state index >= 15 is 0 Å². The maximum atomic E-state index is 12.7. The normalized spacial score (nSPS) is 18.3. The van der Waals surface area contributed by atoms with Crippen LogP contribution in [0.5, 0.6) is 5.75 Å². The van der Waals surface area contributed by atoms with Gasteiger partial charge in [-0.15, -0.1) is 0 Å². The number of nitrogens with one attached hydrogen (secondary N) is 2. The van der Waals surface area contributed by atoms with Gasteiger partial charge in [-0.05, 0) is 48.4 Å². The Kier molecular flexibility index (Phi) is 4.75. The smallest absolute Gasteiger partial charge is 0.255 e. The van der Waals surface area contributed by atoms with Crippen LogP contribution in [0.3, 0.4) is 0 Å². The summed E-state index contributed by atoms with van der Waals surface area (Å²) >= 11 is 0. The topological polar surface area (TPSA) is 105 Å². The van der Waals surface area contributed by atoms with Crippen LogP contribution in [0.25, 0.3) is 0 Å². The molecule has 2 heterocycles. The van der Waals surface area contributed by atoms with Gasteiger partial charge in [0.15, 0.2) is 0 Å². The third-order valence-electron chi connectivity index (χ3n) is 5.11. The van der Waals surface area contributed by atoms with E-state index in [0.717, 1.165) is 5.56 Å². The quantitative estimate of drug-likeness (QED) is 0.770. The van der Waals surface area contributed by atoms with E-state index in [4.69, 9.17) is 4.74 Å². The summed E-state index contributed by atoms with van der Waals surface area (Å²) in [6.45, 7) is 0.253. The van der Waals surface area contributed by atoms with E-state index in [-0.39, 0.29) is 30.7 Å². The van der Waals surface area contributed by atoms with Crippen molar-refractivity contribution in [3.8, 4) is 5.75 Å². The van der Waals surface area contributed by atoms with Crippen LogP contribution in [0.2, 0.25) is 0 Å². The van der Waals surface area contributed by atoms with Gasteiger partial charge in [-0.3, -0.25) is 24.5 Å². The minimum Gasteiger partial charge on any atom is -0.497 e. The number of piperidine rings is 1. The van der Waals surface area contributed by atoms with Gasteiger partial charge in [-0.1, -0.05) is 6.07 Å². The summed E-state index contributed by atoms with van der Waals surface area (Å²) < 4.78 is 5.14. The van der Waals surface area contributed by atoms with E-state index in [2.05, 4.69) is 10.6 Å². The Bertz CT molecular complexity index is 1030. The number of benzene rings is 2. The molecule has 1 atom stereocenters. The Labute approximate surface area is 166 Å². The van der Waals surface area contributed by atoms with Gasteiger partial charge in [0, 0.05) is 29.8 Å². The number of rotatable bonds is 4. The lowest BCUT2D eigenvalue weighted by atomic mass is 10.0. The first-order valence-electron chi connectivity index (χ1n) is 9.19. The van der Waals surface area contributed by atoms with Crippen molar-refractivity contribution in [2.45, 2.75) is 25.4 Å². The van der Waals surface area contributed by atoms with Crippen molar-refractivity contribution in [1.82, 2.24) is 10.2 Å². The summed E-state index contributed by atoms with van der Waals surface area (Å²) in [5.41, 5.74) is 2.22. The summed E-state index contributed by atoms with van der Waals surface area (Å²) in [4.78, 5) is 50.2. The summed E-state index contributed by atoms with van der Waals surface area (Å²) in [7, 11) is 1.53. The average molecular weight is 393 g/mol. The molecule has 0 aliphatic carbocycles. The first kappa shape index (κ1) is 18.7. The third-order valence-corrected chi connectivity index (χ3v) is 5.11. The van der Waals surface area contributed by atoms with E-state index in [1.165, 1.54) is 12.0 Å². The minimum atomic E-state index is -0.664.